The van der Waals surface area contributed by atoms with Gasteiger partial charge in [0.05, 0.1) is 24.4 Å². The van der Waals surface area contributed by atoms with E-state index in [1.165, 1.54) is 25.6 Å². The van der Waals surface area contributed by atoms with E-state index >= 15 is 0 Å². The lowest BCUT2D eigenvalue weighted by molar-refractivity contribution is 0.0956. The summed E-state index contributed by atoms with van der Waals surface area (Å²) < 4.78 is 22.1. The second-order valence-electron chi connectivity index (χ2n) is 5.31. The van der Waals surface area contributed by atoms with Crippen LogP contribution >= 0.6 is 11.3 Å². The quantitative estimate of drug-likeness (QED) is 0.665. The zero-order valence-corrected chi connectivity index (χ0v) is 14.8. The molecule has 0 saturated heterocycles. The minimum atomic E-state index is -0.396. The number of carbonyl (C=O) groups is 1. The van der Waals surface area contributed by atoms with Gasteiger partial charge in [0.15, 0.2) is 11.5 Å². The SMILES string of the molecule is COc1cccc(OC)c1C(=O)NNc1nc2cc3c(cc2s1)OCO3. The summed E-state index contributed by atoms with van der Waals surface area (Å²) in [5.74, 6) is 1.79. The number of carbonyl (C=O) groups excluding carboxylic acids is 1. The number of ether oxygens (including phenoxy) is 4. The Morgan fingerprint density at radius 3 is 2.54 bits per heavy atom. The van der Waals surface area contributed by atoms with Gasteiger partial charge < -0.3 is 18.9 Å². The standard InChI is InChI=1S/C17H15N3O5S/c1-22-10-4-3-5-11(23-2)15(10)16(21)19-20-17-18-9-6-12-13(25-8-24-12)7-14(9)26-17/h3-7H,8H2,1-2H3,(H,18,20)(H,19,21). The Balaban J connectivity index is 1.54. The first-order valence-corrected chi connectivity index (χ1v) is 8.49. The topological polar surface area (TPSA) is 90.9 Å². The van der Waals surface area contributed by atoms with Gasteiger partial charge >= 0.3 is 0 Å². The lowest BCUT2D eigenvalue weighted by atomic mass is 10.1. The number of rotatable bonds is 5. The summed E-state index contributed by atoms with van der Waals surface area (Å²) in [6.07, 6.45) is 0. The number of methoxy groups -OCH3 is 2. The smallest absolute Gasteiger partial charge is 0.277 e. The summed E-state index contributed by atoms with van der Waals surface area (Å²) in [4.78, 5) is 17.0. The van der Waals surface area contributed by atoms with Crippen LogP contribution in [-0.4, -0.2) is 31.9 Å². The molecule has 4 rings (SSSR count). The molecule has 0 spiro atoms. The van der Waals surface area contributed by atoms with Gasteiger partial charge in [-0.3, -0.25) is 15.6 Å². The van der Waals surface area contributed by atoms with Crippen LogP contribution in [0.2, 0.25) is 0 Å². The largest absolute Gasteiger partial charge is 0.496 e. The predicted molar refractivity (Wildman–Crippen MR) is 96.4 cm³/mol. The van der Waals surface area contributed by atoms with E-state index in [9.17, 15) is 4.79 Å². The van der Waals surface area contributed by atoms with Crippen LogP contribution < -0.4 is 29.8 Å². The van der Waals surface area contributed by atoms with Crippen molar-refractivity contribution in [1.29, 1.82) is 0 Å². The molecule has 2 aromatic carbocycles. The zero-order chi connectivity index (χ0) is 18.1. The van der Waals surface area contributed by atoms with Crippen molar-refractivity contribution in [3.63, 3.8) is 0 Å². The Hall–Kier alpha value is -3.20. The molecule has 26 heavy (non-hydrogen) atoms. The monoisotopic (exact) mass is 373 g/mol. The minimum absolute atomic E-state index is 0.217. The van der Waals surface area contributed by atoms with Gasteiger partial charge in [-0.05, 0) is 12.1 Å². The molecule has 134 valence electrons. The van der Waals surface area contributed by atoms with Gasteiger partial charge in [0, 0.05) is 12.1 Å². The van der Waals surface area contributed by atoms with Crippen molar-refractivity contribution in [3.05, 3.63) is 35.9 Å². The molecular weight excluding hydrogens is 358 g/mol. The number of hydrazine groups is 1. The predicted octanol–water partition coefficient (Wildman–Crippen LogP) is 2.80. The van der Waals surface area contributed by atoms with Crippen molar-refractivity contribution in [2.75, 3.05) is 26.4 Å². The number of hydrogen-bond acceptors (Lipinski definition) is 8. The molecule has 0 fully saturated rings. The number of benzene rings is 2. The molecule has 0 unspecified atom stereocenters. The first kappa shape index (κ1) is 16.3. The second-order valence-corrected chi connectivity index (χ2v) is 6.34. The molecule has 1 aromatic heterocycles. The fourth-order valence-corrected chi connectivity index (χ4v) is 3.45. The maximum Gasteiger partial charge on any atom is 0.277 e. The molecule has 2 N–H and O–H groups in total. The Morgan fingerprint density at radius 2 is 1.85 bits per heavy atom. The second kappa shape index (κ2) is 6.60. The molecule has 1 amide bonds. The van der Waals surface area contributed by atoms with Crippen molar-refractivity contribution >= 4 is 32.6 Å². The molecule has 2 heterocycles. The van der Waals surface area contributed by atoms with Crippen LogP contribution in [-0.2, 0) is 0 Å². The zero-order valence-electron chi connectivity index (χ0n) is 14.0. The van der Waals surface area contributed by atoms with E-state index in [-0.39, 0.29) is 6.79 Å². The van der Waals surface area contributed by atoms with Gasteiger partial charge in [0.25, 0.3) is 5.91 Å². The summed E-state index contributed by atoms with van der Waals surface area (Å²) in [6.45, 7) is 0.217. The number of anilines is 1. The lowest BCUT2D eigenvalue weighted by Gasteiger charge is -2.12. The molecule has 0 atom stereocenters. The van der Waals surface area contributed by atoms with E-state index in [0.717, 1.165) is 10.2 Å². The Kier molecular flexibility index (Phi) is 4.13. The number of hydrogen-bond donors (Lipinski definition) is 2. The highest BCUT2D eigenvalue weighted by Gasteiger charge is 2.19. The van der Waals surface area contributed by atoms with E-state index in [4.69, 9.17) is 18.9 Å². The molecule has 0 bridgehead atoms. The average Bonchev–Trinajstić information content (AvgIpc) is 3.28. The van der Waals surface area contributed by atoms with Crippen molar-refractivity contribution < 1.29 is 23.7 Å². The highest BCUT2D eigenvalue weighted by atomic mass is 32.1. The van der Waals surface area contributed by atoms with Crippen molar-refractivity contribution in [1.82, 2.24) is 10.4 Å². The summed E-state index contributed by atoms with van der Waals surface area (Å²) in [5, 5.41) is 0.533. The van der Waals surface area contributed by atoms with Gasteiger partial charge in [-0.15, -0.1) is 0 Å². The van der Waals surface area contributed by atoms with E-state index in [0.29, 0.717) is 33.7 Å². The van der Waals surface area contributed by atoms with E-state index in [1.807, 2.05) is 12.1 Å². The molecule has 8 nitrogen and oxygen atoms in total. The van der Waals surface area contributed by atoms with Crippen LogP contribution in [0.3, 0.4) is 0 Å². The highest BCUT2D eigenvalue weighted by Crippen LogP contribution is 2.38. The van der Waals surface area contributed by atoms with Gasteiger partial charge in [-0.2, -0.15) is 0 Å². The maximum absolute atomic E-state index is 12.6. The molecule has 1 aliphatic rings. The molecule has 0 saturated carbocycles. The summed E-state index contributed by atoms with van der Waals surface area (Å²) >= 11 is 1.39. The fraction of sp³-hybridized carbons (Fsp3) is 0.176. The van der Waals surface area contributed by atoms with Gasteiger partial charge in [-0.1, -0.05) is 17.4 Å². The molecule has 3 aromatic rings. The van der Waals surface area contributed by atoms with E-state index in [2.05, 4.69) is 15.8 Å². The lowest BCUT2D eigenvalue weighted by Crippen LogP contribution is -2.30. The van der Waals surface area contributed by atoms with Crippen LogP contribution in [0.1, 0.15) is 10.4 Å². The number of thiazole rings is 1. The van der Waals surface area contributed by atoms with Crippen molar-refractivity contribution in [2.45, 2.75) is 0 Å². The summed E-state index contributed by atoms with van der Waals surface area (Å²) in [5.41, 5.74) is 6.50. The van der Waals surface area contributed by atoms with Gasteiger partial charge in [0.2, 0.25) is 11.9 Å². The number of fused-ring (bicyclic) bond motifs is 2. The van der Waals surface area contributed by atoms with Gasteiger partial charge in [0.1, 0.15) is 17.1 Å². The molecule has 9 heteroatoms. The van der Waals surface area contributed by atoms with Crippen LogP contribution in [0.5, 0.6) is 23.0 Å². The molecule has 1 aliphatic heterocycles. The fourth-order valence-electron chi connectivity index (χ4n) is 2.62. The Morgan fingerprint density at radius 1 is 1.15 bits per heavy atom. The molecular formula is C17H15N3O5S. The number of amides is 1. The molecule has 0 radical (unpaired) electrons. The summed E-state index contributed by atoms with van der Waals surface area (Å²) in [6, 6.07) is 8.81. The van der Waals surface area contributed by atoms with Crippen LogP contribution in [0.25, 0.3) is 10.2 Å². The van der Waals surface area contributed by atoms with Gasteiger partial charge in [-0.25, -0.2) is 4.98 Å². The summed E-state index contributed by atoms with van der Waals surface area (Å²) in [7, 11) is 2.99. The van der Waals surface area contributed by atoms with E-state index in [1.54, 1.807) is 18.2 Å². The van der Waals surface area contributed by atoms with Crippen LogP contribution in [0.4, 0.5) is 5.13 Å². The average molecular weight is 373 g/mol. The van der Waals surface area contributed by atoms with Crippen LogP contribution in [0.15, 0.2) is 30.3 Å². The maximum atomic E-state index is 12.6. The van der Waals surface area contributed by atoms with Crippen LogP contribution in [0, 0.1) is 0 Å². The third kappa shape index (κ3) is 2.82. The number of nitrogens with zero attached hydrogens (tertiary/aromatic N) is 1. The minimum Gasteiger partial charge on any atom is -0.496 e. The third-order valence-corrected chi connectivity index (χ3v) is 4.75. The first-order chi connectivity index (χ1) is 12.7. The number of nitrogens with one attached hydrogen (secondary N) is 2. The van der Waals surface area contributed by atoms with E-state index < -0.39 is 5.91 Å². The Bertz CT molecular complexity index is 925. The highest BCUT2D eigenvalue weighted by molar-refractivity contribution is 7.22. The molecule has 0 aliphatic carbocycles. The third-order valence-electron chi connectivity index (χ3n) is 3.82. The number of aromatic nitrogens is 1. The Labute approximate surface area is 152 Å². The van der Waals surface area contributed by atoms with Crippen molar-refractivity contribution in [2.24, 2.45) is 0 Å². The van der Waals surface area contributed by atoms with Crippen molar-refractivity contribution in [3.8, 4) is 23.0 Å². The normalized spacial score (nSPS) is 12.1. The first-order valence-electron chi connectivity index (χ1n) is 7.67.